The second-order valence-corrected chi connectivity index (χ2v) is 5.48. The van der Waals surface area contributed by atoms with E-state index in [-0.39, 0.29) is 0 Å². The Hall–Kier alpha value is -0.0800. The highest BCUT2D eigenvalue weighted by Crippen LogP contribution is 2.26. The van der Waals surface area contributed by atoms with Gasteiger partial charge in [0.05, 0.1) is 0 Å². The predicted octanol–water partition coefficient (Wildman–Crippen LogP) is 3.05. The van der Waals surface area contributed by atoms with E-state index in [9.17, 15) is 0 Å². The standard InChI is InChI=1S/C8H18N2.C6H12/c9-5-7-1-2-8(6-10)4-3-7;1-2-4-6-5-3-1/h7-8H,1-6,9-10H2;1-6H2. The lowest BCUT2D eigenvalue weighted by Gasteiger charge is -2.26. The SMILES string of the molecule is C1CCCCC1.NCC1CCC(CN)CC1. The largest absolute Gasteiger partial charge is 0.330 e. The zero-order chi connectivity index (χ0) is 11.6. The molecule has 96 valence electrons. The molecule has 0 saturated heterocycles. The van der Waals surface area contributed by atoms with Crippen molar-refractivity contribution in [1.29, 1.82) is 0 Å². The van der Waals surface area contributed by atoms with Gasteiger partial charge in [0, 0.05) is 0 Å². The van der Waals surface area contributed by atoms with Crippen LogP contribution in [0.4, 0.5) is 0 Å². The van der Waals surface area contributed by atoms with Crippen LogP contribution in [0, 0.1) is 11.8 Å². The molecule has 4 N–H and O–H groups in total. The lowest BCUT2D eigenvalue weighted by molar-refractivity contribution is 0.285. The van der Waals surface area contributed by atoms with Gasteiger partial charge in [0.15, 0.2) is 0 Å². The zero-order valence-corrected chi connectivity index (χ0v) is 10.8. The monoisotopic (exact) mass is 226 g/mol. The van der Waals surface area contributed by atoms with Crippen molar-refractivity contribution in [1.82, 2.24) is 0 Å². The van der Waals surface area contributed by atoms with Crippen molar-refractivity contribution in [3.8, 4) is 0 Å². The molecule has 2 fully saturated rings. The molecule has 0 bridgehead atoms. The smallest absolute Gasteiger partial charge is 0.00489 e. The van der Waals surface area contributed by atoms with Gasteiger partial charge in [-0.15, -0.1) is 0 Å². The summed E-state index contributed by atoms with van der Waals surface area (Å²) < 4.78 is 0. The molecule has 16 heavy (non-hydrogen) atoms. The molecule has 0 aromatic carbocycles. The normalized spacial score (nSPS) is 30.4. The second kappa shape index (κ2) is 9.00. The lowest BCUT2D eigenvalue weighted by atomic mass is 9.82. The fourth-order valence-corrected chi connectivity index (χ4v) is 2.76. The van der Waals surface area contributed by atoms with E-state index in [0.29, 0.717) is 0 Å². The van der Waals surface area contributed by atoms with E-state index in [0.717, 1.165) is 24.9 Å². The molecular weight excluding hydrogens is 196 g/mol. The van der Waals surface area contributed by atoms with Crippen LogP contribution in [0.3, 0.4) is 0 Å². The molecule has 0 amide bonds. The third kappa shape index (κ3) is 5.86. The first-order valence-electron chi connectivity index (χ1n) is 7.27. The Balaban J connectivity index is 0.000000181. The molecule has 0 aromatic rings. The topological polar surface area (TPSA) is 52.0 Å². The van der Waals surface area contributed by atoms with Crippen LogP contribution in [-0.2, 0) is 0 Å². The highest BCUT2D eigenvalue weighted by atomic mass is 14.6. The molecule has 2 rings (SSSR count). The highest BCUT2D eigenvalue weighted by molar-refractivity contribution is 4.72. The quantitative estimate of drug-likeness (QED) is 0.760. The molecule has 0 radical (unpaired) electrons. The maximum atomic E-state index is 5.56. The van der Waals surface area contributed by atoms with Crippen molar-refractivity contribution in [2.45, 2.75) is 64.2 Å². The van der Waals surface area contributed by atoms with Crippen molar-refractivity contribution in [3.63, 3.8) is 0 Å². The Morgan fingerprint density at radius 3 is 1.00 bits per heavy atom. The molecule has 2 saturated carbocycles. The predicted molar refractivity (Wildman–Crippen MR) is 71.3 cm³/mol. The van der Waals surface area contributed by atoms with Gasteiger partial charge in [-0.2, -0.15) is 0 Å². The molecule has 0 unspecified atom stereocenters. The minimum atomic E-state index is 0.794. The Bertz CT molecular complexity index is 123. The van der Waals surface area contributed by atoms with E-state index in [1.165, 1.54) is 64.2 Å². The summed E-state index contributed by atoms with van der Waals surface area (Å²) in [6.45, 7) is 1.74. The number of nitrogens with two attached hydrogens (primary N) is 2. The van der Waals surface area contributed by atoms with Gasteiger partial charge in [0.2, 0.25) is 0 Å². The maximum Gasteiger partial charge on any atom is -0.00489 e. The maximum absolute atomic E-state index is 5.56. The van der Waals surface area contributed by atoms with Crippen LogP contribution < -0.4 is 11.5 Å². The van der Waals surface area contributed by atoms with Gasteiger partial charge in [-0.25, -0.2) is 0 Å². The molecule has 0 spiro atoms. The average molecular weight is 226 g/mol. The van der Waals surface area contributed by atoms with Crippen molar-refractivity contribution in [2.24, 2.45) is 23.3 Å². The molecule has 2 nitrogen and oxygen atoms in total. The fourth-order valence-electron chi connectivity index (χ4n) is 2.76. The fraction of sp³-hybridized carbons (Fsp3) is 1.00. The third-order valence-corrected chi connectivity index (χ3v) is 4.13. The molecule has 0 aromatic heterocycles. The van der Waals surface area contributed by atoms with Crippen LogP contribution in [0.25, 0.3) is 0 Å². The van der Waals surface area contributed by atoms with Crippen LogP contribution in [0.1, 0.15) is 64.2 Å². The Labute approximate surface area is 101 Å². The van der Waals surface area contributed by atoms with E-state index in [1.807, 2.05) is 0 Å². The summed E-state index contributed by atoms with van der Waals surface area (Å²) in [5.41, 5.74) is 11.1. The number of hydrogen-bond acceptors (Lipinski definition) is 2. The number of hydrogen-bond donors (Lipinski definition) is 2. The second-order valence-electron chi connectivity index (χ2n) is 5.48. The molecule has 0 heterocycles. The van der Waals surface area contributed by atoms with E-state index in [1.54, 1.807) is 0 Å². The van der Waals surface area contributed by atoms with Crippen molar-refractivity contribution >= 4 is 0 Å². The molecule has 0 aliphatic heterocycles. The van der Waals surface area contributed by atoms with E-state index in [4.69, 9.17) is 11.5 Å². The molecule has 0 atom stereocenters. The first-order valence-corrected chi connectivity index (χ1v) is 7.27. The van der Waals surface area contributed by atoms with E-state index >= 15 is 0 Å². The Morgan fingerprint density at radius 1 is 0.562 bits per heavy atom. The van der Waals surface area contributed by atoms with Crippen LogP contribution in [-0.4, -0.2) is 13.1 Å². The van der Waals surface area contributed by atoms with Gasteiger partial charge >= 0.3 is 0 Å². The first kappa shape index (κ1) is 14.0. The van der Waals surface area contributed by atoms with Gasteiger partial charge < -0.3 is 11.5 Å². The molecular formula is C14H30N2. The minimum absolute atomic E-state index is 0.794. The molecule has 2 aliphatic rings. The first-order chi connectivity index (χ1) is 7.86. The Morgan fingerprint density at radius 2 is 0.812 bits per heavy atom. The molecule has 2 aliphatic carbocycles. The van der Waals surface area contributed by atoms with Crippen molar-refractivity contribution < 1.29 is 0 Å². The number of rotatable bonds is 2. The summed E-state index contributed by atoms with van der Waals surface area (Å²) in [5, 5.41) is 0. The molecule has 2 heteroatoms. The highest BCUT2D eigenvalue weighted by Gasteiger charge is 2.18. The summed E-state index contributed by atoms with van der Waals surface area (Å²) in [4.78, 5) is 0. The lowest BCUT2D eigenvalue weighted by Crippen LogP contribution is -2.25. The van der Waals surface area contributed by atoms with Crippen LogP contribution in [0.2, 0.25) is 0 Å². The van der Waals surface area contributed by atoms with Crippen LogP contribution in [0.5, 0.6) is 0 Å². The van der Waals surface area contributed by atoms with Gasteiger partial charge in [0.25, 0.3) is 0 Å². The van der Waals surface area contributed by atoms with Crippen LogP contribution >= 0.6 is 0 Å². The van der Waals surface area contributed by atoms with Crippen LogP contribution in [0.15, 0.2) is 0 Å². The minimum Gasteiger partial charge on any atom is -0.330 e. The summed E-state index contributed by atoms with van der Waals surface area (Å²) >= 11 is 0. The third-order valence-electron chi connectivity index (χ3n) is 4.13. The van der Waals surface area contributed by atoms with Gasteiger partial charge in [-0.05, 0) is 50.6 Å². The van der Waals surface area contributed by atoms with Gasteiger partial charge in [-0.1, -0.05) is 38.5 Å². The van der Waals surface area contributed by atoms with E-state index < -0.39 is 0 Å². The van der Waals surface area contributed by atoms with Gasteiger partial charge in [0.1, 0.15) is 0 Å². The Kier molecular flexibility index (Phi) is 7.87. The average Bonchev–Trinajstić information content (AvgIpc) is 2.41. The van der Waals surface area contributed by atoms with Gasteiger partial charge in [-0.3, -0.25) is 0 Å². The summed E-state index contributed by atoms with van der Waals surface area (Å²) in [5.74, 6) is 1.59. The summed E-state index contributed by atoms with van der Waals surface area (Å²) in [6.07, 6.45) is 14.2. The van der Waals surface area contributed by atoms with Crippen molar-refractivity contribution in [3.05, 3.63) is 0 Å². The zero-order valence-electron chi connectivity index (χ0n) is 10.8. The summed E-state index contributed by atoms with van der Waals surface area (Å²) in [6, 6.07) is 0. The van der Waals surface area contributed by atoms with E-state index in [2.05, 4.69) is 0 Å². The summed E-state index contributed by atoms with van der Waals surface area (Å²) in [7, 11) is 0. The van der Waals surface area contributed by atoms with Crippen molar-refractivity contribution in [2.75, 3.05) is 13.1 Å².